The molecule has 0 spiro atoms. The van der Waals surface area contributed by atoms with Gasteiger partial charge in [-0.1, -0.05) is 6.92 Å². The number of nitrogens with zero attached hydrogens (tertiary/aromatic N) is 3. The van der Waals surface area contributed by atoms with Gasteiger partial charge in [0.25, 0.3) is 5.91 Å². The van der Waals surface area contributed by atoms with Crippen molar-refractivity contribution in [2.45, 2.75) is 39.7 Å². The van der Waals surface area contributed by atoms with E-state index in [-0.39, 0.29) is 24.0 Å². The number of hydrogen-bond acceptors (Lipinski definition) is 9. The summed E-state index contributed by atoms with van der Waals surface area (Å²) < 4.78 is 9.82. The van der Waals surface area contributed by atoms with Crippen LogP contribution in [0.4, 0.5) is 10.5 Å². The first-order valence-electron chi connectivity index (χ1n) is 9.66. The number of nitro groups is 1. The number of likely N-dealkylation sites (N-methyl/N-ethyl adjacent to an activating group) is 1. The summed E-state index contributed by atoms with van der Waals surface area (Å²) >= 11 is 0. The molecule has 0 bridgehead atoms. The van der Waals surface area contributed by atoms with Gasteiger partial charge in [-0.05, 0) is 38.0 Å². The fourth-order valence-electron chi connectivity index (χ4n) is 2.65. The first-order valence-corrected chi connectivity index (χ1v) is 9.66. The lowest BCUT2D eigenvalue weighted by molar-refractivity contribution is -0.385. The average Bonchev–Trinajstić information content (AvgIpc) is 2.73. The SMILES string of the molecule is CCC(CC(N)=O)OC(=O)Oc1cc(C=C(C#N)C(=O)N(CC)CC)cc([N+](=O)[O-])c1O. The van der Waals surface area contributed by atoms with Gasteiger partial charge in [0.05, 0.1) is 11.3 Å². The number of rotatable bonds is 10. The molecule has 1 rings (SSSR count). The first kappa shape index (κ1) is 25.9. The van der Waals surface area contributed by atoms with Gasteiger partial charge in [-0.3, -0.25) is 19.7 Å². The van der Waals surface area contributed by atoms with Crippen LogP contribution in [0.5, 0.6) is 11.5 Å². The third-order valence-corrected chi connectivity index (χ3v) is 4.33. The van der Waals surface area contributed by atoms with Crippen LogP contribution in [0, 0.1) is 21.4 Å². The van der Waals surface area contributed by atoms with Crippen molar-refractivity contribution in [1.82, 2.24) is 4.90 Å². The lowest BCUT2D eigenvalue weighted by Gasteiger charge is -2.17. The van der Waals surface area contributed by atoms with Gasteiger partial charge in [-0.15, -0.1) is 0 Å². The van der Waals surface area contributed by atoms with E-state index in [1.807, 2.05) is 0 Å². The number of nitro benzene ring substituents is 1. The topological polar surface area (TPSA) is 186 Å². The Balaban J connectivity index is 3.34. The van der Waals surface area contributed by atoms with Gasteiger partial charge in [0.15, 0.2) is 5.75 Å². The Bertz CT molecular complexity index is 963. The van der Waals surface area contributed by atoms with Gasteiger partial charge in [0.2, 0.25) is 11.7 Å². The molecule has 172 valence electrons. The number of primary amides is 1. The molecule has 32 heavy (non-hydrogen) atoms. The van der Waals surface area contributed by atoms with E-state index in [4.69, 9.17) is 15.2 Å². The number of amides is 2. The Hall–Kier alpha value is -4.14. The Morgan fingerprint density at radius 3 is 2.41 bits per heavy atom. The molecule has 1 unspecified atom stereocenters. The molecule has 0 saturated heterocycles. The number of carbonyl (C=O) groups is 3. The number of carbonyl (C=O) groups excluding carboxylic acids is 3. The summed E-state index contributed by atoms with van der Waals surface area (Å²) in [6.45, 7) is 5.76. The minimum Gasteiger partial charge on any atom is -0.499 e. The Morgan fingerprint density at radius 2 is 1.94 bits per heavy atom. The summed E-state index contributed by atoms with van der Waals surface area (Å²) in [5, 5.41) is 30.8. The van der Waals surface area contributed by atoms with E-state index in [0.717, 1.165) is 18.2 Å². The number of nitriles is 1. The maximum absolute atomic E-state index is 12.4. The van der Waals surface area contributed by atoms with Crippen LogP contribution in [0.2, 0.25) is 0 Å². The molecule has 0 aliphatic rings. The van der Waals surface area contributed by atoms with Crippen molar-refractivity contribution in [3.05, 3.63) is 33.4 Å². The highest BCUT2D eigenvalue weighted by atomic mass is 16.7. The molecule has 0 saturated carbocycles. The predicted molar refractivity (Wildman–Crippen MR) is 111 cm³/mol. The lowest BCUT2D eigenvalue weighted by Crippen LogP contribution is -2.31. The minimum atomic E-state index is -1.33. The van der Waals surface area contributed by atoms with E-state index in [1.54, 1.807) is 26.8 Å². The average molecular weight is 448 g/mol. The highest BCUT2D eigenvalue weighted by molar-refractivity contribution is 6.01. The van der Waals surface area contributed by atoms with Crippen LogP contribution in [0.25, 0.3) is 6.08 Å². The summed E-state index contributed by atoms with van der Waals surface area (Å²) in [7, 11) is 0. The molecule has 1 atom stereocenters. The number of ether oxygens (including phenoxy) is 2. The fourth-order valence-corrected chi connectivity index (χ4v) is 2.65. The number of nitrogens with two attached hydrogens (primary N) is 1. The number of benzene rings is 1. The quantitative estimate of drug-likeness (QED) is 0.135. The van der Waals surface area contributed by atoms with Crippen molar-refractivity contribution in [2.75, 3.05) is 13.1 Å². The molecule has 1 aromatic carbocycles. The van der Waals surface area contributed by atoms with Gasteiger partial charge in [0, 0.05) is 19.2 Å². The van der Waals surface area contributed by atoms with Gasteiger partial charge in [-0.2, -0.15) is 5.26 Å². The summed E-state index contributed by atoms with van der Waals surface area (Å²) in [5.74, 6) is -2.89. The Labute approximate surface area is 184 Å². The van der Waals surface area contributed by atoms with Crippen molar-refractivity contribution < 1.29 is 33.9 Å². The third kappa shape index (κ3) is 6.98. The molecule has 0 aromatic heterocycles. The van der Waals surface area contributed by atoms with Crippen LogP contribution >= 0.6 is 0 Å². The largest absolute Gasteiger partial charge is 0.514 e. The van der Waals surface area contributed by atoms with E-state index < -0.39 is 46.2 Å². The normalized spacial score (nSPS) is 11.8. The molecule has 2 amide bonds. The molecule has 0 fully saturated rings. The number of aromatic hydroxyl groups is 1. The van der Waals surface area contributed by atoms with Gasteiger partial charge in [-0.25, -0.2) is 4.79 Å². The van der Waals surface area contributed by atoms with E-state index in [2.05, 4.69) is 0 Å². The fraction of sp³-hybridized carbons (Fsp3) is 0.400. The predicted octanol–water partition coefficient (Wildman–Crippen LogP) is 2.25. The van der Waals surface area contributed by atoms with Gasteiger partial charge in [0.1, 0.15) is 17.7 Å². The second kappa shape index (κ2) is 11.9. The Kier molecular flexibility index (Phi) is 9.63. The molecular weight excluding hydrogens is 424 g/mol. The molecular formula is C20H24N4O8. The summed E-state index contributed by atoms with van der Waals surface area (Å²) in [6.07, 6.45) is -1.17. The van der Waals surface area contributed by atoms with Crippen molar-refractivity contribution in [1.29, 1.82) is 5.26 Å². The molecule has 0 radical (unpaired) electrons. The molecule has 12 nitrogen and oxygen atoms in total. The highest BCUT2D eigenvalue weighted by Gasteiger charge is 2.25. The number of phenols is 1. The van der Waals surface area contributed by atoms with Gasteiger partial charge < -0.3 is 25.2 Å². The standard InChI is InChI=1S/C20H24N4O8/c1-4-14(10-17(22)25)31-20(28)32-16-9-12(8-15(18(16)26)24(29)30)7-13(11-21)19(27)23(5-2)6-3/h7-9,14,26H,4-6,10H2,1-3H3,(H2,22,25). The van der Waals surface area contributed by atoms with Crippen LogP contribution in [-0.4, -0.2) is 52.1 Å². The number of phenolic OH excluding ortho intramolecular Hbond substituents is 1. The molecule has 0 heterocycles. The molecule has 3 N–H and O–H groups in total. The number of hydrogen-bond donors (Lipinski definition) is 2. The van der Waals surface area contributed by atoms with Crippen LogP contribution in [-0.2, 0) is 14.3 Å². The van der Waals surface area contributed by atoms with E-state index in [1.165, 1.54) is 4.90 Å². The molecule has 0 aliphatic heterocycles. The van der Waals surface area contributed by atoms with Crippen molar-refractivity contribution in [2.24, 2.45) is 5.73 Å². The van der Waals surface area contributed by atoms with Gasteiger partial charge >= 0.3 is 11.8 Å². The highest BCUT2D eigenvalue weighted by Crippen LogP contribution is 2.38. The van der Waals surface area contributed by atoms with Crippen LogP contribution in [0.1, 0.15) is 39.2 Å². The summed E-state index contributed by atoms with van der Waals surface area (Å²) in [6, 6.07) is 3.69. The van der Waals surface area contributed by atoms with Crippen LogP contribution in [0.15, 0.2) is 17.7 Å². The van der Waals surface area contributed by atoms with Crippen molar-refractivity contribution >= 4 is 29.7 Å². The zero-order chi connectivity index (χ0) is 24.4. The van der Waals surface area contributed by atoms with E-state index in [0.29, 0.717) is 13.1 Å². The Morgan fingerprint density at radius 1 is 1.31 bits per heavy atom. The lowest BCUT2D eigenvalue weighted by atomic mass is 10.1. The zero-order valence-electron chi connectivity index (χ0n) is 17.9. The maximum Gasteiger partial charge on any atom is 0.514 e. The molecule has 12 heteroatoms. The monoisotopic (exact) mass is 448 g/mol. The van der Waals surface area contributed by atoms with Crippen molar-refractivity contribution in [3.8, 4) is 17.6 Å². The van der Waals surface area contributed by atoms with E-state index >= 15 is 0 Å². The third-order valence-electron chi connectivity index (χ3n) is 4.33. The van der Waals surface area contributed by atoms with Crippen LogP contribution in [0.3, 0.4) is 0 Å². The maximum atomic E-state index is 12.4. The second-order valence-electron chi connectivity index (χ2n) is 6.46. The summed E-state index contributed by atoms with van der Waals surface area (Å²) in [4.78, 5) is 47.3. The second-order valence-corrected chi connectivity index (χ2v) is 6.46. The molecule has 1 aromatic rings. The summed E-state index contributed by atoms with van der Waals surface area (Å²) in [5.41, 5.74) is 3.90. The van der Waals surface area contributed by atoms with Crippen LogP contribution < -0.4 is 10.5 Å². The van der Waals surface area contributed by atoms with E-state index in [9.17, 15) is 34.9 Å². The zero-order valence-corrected chi connectivity index (χ0v) is 17.9. The van der Waals surface area contributed by atoms with Crippen molar-refractivity contribution in [3.63, 3.8) is 0 Å². The smallest absolute Gasteiger partial charge is 0.499 e. The minimum absolute atomic E-state index is 0.0430. The first-order chi connectivity index (χ1) is 15.1. The molecule has 0 aliphatic carbocycles.